The zero-order valence-corrected chi connectivity index (χ0v) is 9.97. The lowest BCUT2D eigenvalue weighted by atomic mass is 10.1. The van der Waals surface area contributed by atoms with Crippen molar-refractivity contribution in [2.24, 2.45) is 5.73 Å². The molecule has 0 fully saturated rings. The fourth-order valence-electron chi connectivity index (χ4n) is 1.70. The Bertz CT molecular complexity index is 453. The first-order chi connectivity index (χ1) is 8.29. The minimum absolute atomic E-state index is 0.0915. The van der Waals surface area contributed by atoms with Crippen LogP contribution in [0, 0.1) is 0 Å². The molecule has 17 heavy (non-hydrogen) atoms. The zero-order valence-electron chi connectivity index (χ0n) is 9.97. The Balaban J connectivity index is 2.00. The first-order valence-corrected chi connectivity index (χ1v) is 5.91. The minimum atomic E-state index is -0.0915. The monoisotopic (exact) mass is 231 g/mol. The number of nitrogens with zero attached hydrogens (tertiary/aromatic N) is 2. The van der Waals surface area contributed by atoms with Gasteiger partial charge in [0.25, 0.3) is 0 Å². The van der Waals surface area contributed by atoms with Crippen molar-refractivity contribution in [3.05, 3.63) is 47.6 Å². The Kier molecular flexibility index (Phi) is 3.88. The fourth-order valence-corrected chi connectivity index (χ4v) is 1.70. The lowest BCUT2D eigenvalue weighted by Gasteiger charge is -2.08. The van der Waals surface area contributed by atoms with Gasteiger partial charge in [-0.1, -0.05) is 42.4 Å². The molecular weight excluding hydrogens is 214 g/mol. The van der Waals surface area contributed by atoms with Crippen LogP contribution in [-0.4, -0.2) is 10.1 Å². The molecule has 0 saturated heterocycles. The van der Waals surface area contributed by atoms with Crippen LogP contribution in [-0.2, 0) is 12.8 Å². The summed E-state index contributed by atoms with van der Waals surface area (Å²) in [5.74, 6) is 1.38. The third-order valence-corrected chi connectivity index (χ3v) is 2.61. The van der Waals surface area contributed by atoms with Crippen molar-refractivity contribution >= 4 is 0 Å². The number of benzene rings is 1. The minimum Gasteiger partial charge on any atom is -0.339 e. The van der Waals surface area contributed by atoms with Gasteiger partial charge in [0.2, 0.25) is 5.89 Å². The molecule has 2 rings (SSSR count). The largest absolute Gasteiger partial charge is 0.339 e. The van der Waals surface area contributed by atoms with Gasteiger partial charge in [-0.3, -0.25) is 0 Å². The Morgan fingerprint density at radius 1 is 1.29 bits per heavy atom. The smallest absolute Gasteiger partial charge is 0.228 e. The lowest BCUT2D eigenvalue weighted by Crippen LogP contribution is -2.13. The molecule has 0 aliphatic rings. The van der Waals surface area contributed by atoms with Gasteiger partial charge in [-0.05, 0) is 12.0 Å². The summed E-state index contributed by atoms with van der Waals surface area (Å²) >= 11 is 0. The van der Waals surface area contributed by atoms with E-state index in [9.17, 15) is 0 Å². The maximum absolute atomic E-state index is 6.08. The number of aryl methyl sites for hydroxylation is 1. The van der Waals surface area contributed by atoms with Gasteiger partial charge in [0.15, 0.2) is 5.82 Å². The highest BCUT2D eigenvalue weighted by Gasteiger charge is 2.12. The summed E-state index contributed by atoms with van der Waals surface area (Å²) < 4.78 is 5.17. The first-order valence-electron chi connectivity index (χ1n) is 5.91. The summed E-state index contributed by atoms with van der Waals surface area (Å²) in [5, 5.41) is 3.91. The van der Waals surface area contributed by atoms with Crippen molar-refractivity contribution in [3.63, 3.8) is 0 Å². The molecule has 2 N–H and O–H groups in total. The highest BCUT2D eigenvalue weighted by atomic mass is 16.5. The molecule has 4 nitrogen and oxygen atoms in total. The molecule has 0 aliphatic carbocycles. The van der Waals surface area contributed by atoms with E-state index < -0.39 is 0 Å². The molecule has 1 heterocycles. The predicted molar refractivity (Wildman–Crippen MR) is 65.4 cm³/mol. The summed E-state index contributed by atoms with van der Waals surface area (Å²) in [5.41, 5.74) is 7.17. The van der Waals surface area contributed by atoms with Crippen LogP contribution < -0.4 is 5.73 Å². The van der Waals surface area contributed by atoms with Gasteiger partial charge in [0, 0.05) is 18.9 Å². The van der Waals surface area contributed by atoms with Crippen LogP contribution in [0.4, 0.5) is 0 Å². The molecule has 0 spiro atoms. The van der Waals surface area contributed by atoms with E-state index in [1.165, 1.54) is 0 Å². The predicted octanol–water partition coefficient (Wildman–Crippen LogP) is 2.26. The second-order valence-corrected chi connectivity index (χ2v) is 4.08. The van der Waals surface area contributed by atoms with Gasteiger partial charge < -0.3 is 10.3 Å². The van der Waals surface area contributed by atoms with Crippen molar-refractivity contribution in [1.82, 2.24) is 10.1 Å². The molecule has 0 aliphatic heterocycles. The molecule has 0 amide bonds. The van der Waals surface area contributed by atoms with Gasteiger partial charge in [-0.2, -0.15) is 4.98 Å². The fraction of sp³-hybridized carbons (Fsp3) is 0.385. The Hall–Kier alpha value is -1.68. The molecule has 1 aromatic heterocycles. The van der Waals surface area contributed by atoms with Gasteiger partial charge in [-0.15, -0.1) is 0 Å². The SMILES string of the molecule is CCCc1noc(CC(N)c2ccccc2)n1. The van der Waals surface area contributed by atoms with E-state index in [0.29, 0.717) is 12.3 Å². The third kappa shape index (κ3) is 3.14. The highest BCUT2D eigenvalue weighted by molar-refractivity contribution is 5.19. The Morgan fingerprint density at radius 3 is 2.76 bits per heavy atom. The molecule has 1 unspecified atom stereocenters. The number of nitrogens with two attached hydrogens (primary N) is 1. The van der Waals surface area contributed by atoms with Gasteiger partial charge in [0.05, 0.1) is 0 Å². The number of hydrogen-bond donors (Lipinski definition) is 1. The second kappa shape index (κ2) is 5.59. The summed E-state index contributed by atoms with van der Waals surface area (Å²) in [6, 6.07) is 9.85. The van der Waals surface area contributed by atoms with Crippen LogP contribution in [0.15, 0.2) is 34.9 Å². The van der Waals surface area contributed by atoms with Crippen molar-refractivity contribution < 1.29 is 4.52 Å². The number of rotatable bonds is 5. The van der Waals surface area contributed by atoms with Crippen LogP contribution in [0.3, 0.4) is 0 Å². The van der Waals surface area contributed by atoms with E-state index in [0.717, 1.165) is 24.2 Å². The van der Waals surface area contributed by atoms with Crippen LogP contribution in [0.1, 0.15) is 36.7 Å². The van der Waals surface area contributed by atoms with Gasteiger partial charge in [0.1, 0.15) is 0 Å². The maximum Gasteiger partial charge on any atom is 0.228 e. The van der Waals surface area contributed by atoms with E-state index in [4.69, 9.17) is 10.3 Å². The normalized spacial score (nSPS) is 12.6. The summed E-state index contributed by atoms with van der Waals surface area (Å²) in [6.45, 7) is 2.09. The molecule has 1 aromatic carbocycles. The molecule has 90 valence electrons. The van der Waals surface area contributed by atoms with Crippen molar-refractivity contribution in [2.75, 3.05) is 0 Å². The topological polar surface area (TPSA) is 64.9 Å². The van der Waals surface area contributed by atoms with Crippen molar-refractivity contribution in [3.8, 4) is 0 Å². The standard InChI is InChI=1S/C13H17N3O/c1-2-6-12-15-13(17-16-12)9-11(14)10-7-4-3-5-8-10/h3-5,7-8,11H,2,6,9,14H2,1H3. The van der Waals surface area contributed by atoms with Crippen LogP contribution >= 0.6 is 0 Å². The summed E-state index contributed by atoms with van der Waals surface area (Å²) in [6.07, 6.45) is 2.45. The molecule has 0 radical (unpaired) electrons. The highest BCUT2D eigenvalue weighted by Crippen LogP contribution is 2.14. The second-order valence-electron chi connectivity index (χ2n) is 4.08. The van der Waals surface area contributed by atoms with Crippen LogP contribution in [0.5, 0.6) is 0 Å². The Morgan fingerprint density at radius 2 is 2.06 bits per heavy atom. The molecular formula is C13H17N3O. The molecule has 4 heteroatoms. The van der Waals surface area contributed by atoms with Crippen LogP contribution in [0.2, 0.25) is 0 Å². The molecule has 0 bridgehead atoms. The average Bonchev–Trinajstić information content (AvgIpc) is 2.78. The maximum atomic E-state index is 6.08. The number of aromatic nitrogens is 2. The molecule has 1 atom stereocenters. The summed E-state index contributed by atoms with van der Waals surface area (Å²) in [7, 11) is 0. The van der Waals surface area contributed by atoms with Gasteiger partial charge in [-0.25, -0.2) is 0 Å². The lowest BCUT2D eigenvalue weighted by molar-refractivity contribution is 0.365. The van der Waals surface area contributed by atoms with E-state index in [1.807, 2.05) is 30.3 Å². The van der Waals surface area contributed by atoms with E-state index in [1.54, 1.807) is 0 Å². The Labute approximate surface area is 101 Å². The molecule has 0 saturated carbocycles. The average molecular weight is 231 g/mol. The first kappa shape index (κ1) is 11.8. The van der Waals surface area contributed by atoms with Crippen molar-refractivity contribution in [2.45, 2.75) is 32.2 Å². The quantitative estimate of drug-likeness (QED) is 0.857. The third-order valence-electron chi connectivity index (χ3n) is 2.61. The van der Waals surface area contributed by atoms with E-state index in [-0.39, 0.29) is 6.04 Å². The van der Waals surface area contributed by atoms with Gasteiger partial charge >= 0.3 is 0 Å². The van der Waals surface area contributed by atoms with Crippen LogP contribution in [0.25, 0.3) is 0 Å². The van der Waals surface area contributed by atoms with E-state index in [2.05, 4.69) is 17.1 Å². The zero-order chi connectivity index (χ0) is 12.1. The van der Waals surface area contributed by atoms with E-state index >= 15 is 0 Å². The van der Waals surface area contributed by atoms with Crippen molar-refractivity contribution in [1.29, 1.82) is 0 Å². The molecule has 2 aromatic rings. The summed E-state index contributed by atoms with van der Waals surface area (Å²) in [4.78, 5) is 4.31. The number of hydrogen-bond acceptors (Lipinski definition) is 4.